The molecular formula is C18H18N4O2S2. The van der Waals surface area contributed by atoms with E-state index in [1.165, 1.54) is 0 Å². The van der Waals surface area contributed by atoms with E-state index < -0.39 is 0 Å². The van der Waals surface area contributed by atoms with Crippen molar-refractivity contribution < 1.29 is 4.92 Å². The lowest BCUT2D eigenvalue weighted by atomic mass is 10.1. The second-order valence-corrected chi connectivity index (χ2v) is 8.26. The van der Waals surface area contributed by atoms with Gasteiger partial charge in [-0.3, -0.25) is 15.1 Å². The van der Waals surface area contributed by atoms with E-state index in [2.05, 4.69) is 16.9 Å². The summed E-state index contributed by atoms with van der Waals surface area (Å²) in [6, 6.07) is 11.0. The Bertz CT molecular complexity index is 982. The Morgan fingerprint density at radius 3 is 2.81 bits per heavy atom. The summed E-state index contributed by atoms with van der Waals surface area (Å²) in [6.07, 6.45) is 1.65. The highest BCUT2D eigenvalue weighted by atomic mass is 32.2. The molecule has 2 aromatic carbocycles. The normalized spacial score (nSPS) is 11.3. The molecule has 0 amide bonds. The highest BCUT2D eigenvalue weighted by Gasteiger charge is 2.15. The number of nitro groups is 1. The Kier molecular flexibility index (Phi) is 5.53. The summed E-state index contributed by atoms with van der Waals surface area (Å²) in [5, 5.41) is 11.3. The first-order chi connectivity index (χ1) is 12.5. The molecule has 26 heavy (non-hydrogen) atoms. The summed E-state index contributed by atoms with van der Waals surface area (Å²) in [7, 11) is 3.57. The third-order valence-electron chi connectivity index (χ3n) is 3.66. The number of hydrogen-bond acceptors (Lipinski definition) is 7. The van der Waals surface area contributed by atoms with Crippen molar-refractivity contribution in [3.8, 4) is 0 Å². The number of nitrogens with zero attached hydrogens (tertiary/aromatic N) is 4. The van der Waals surface area contributed by atoms with E-state index in [1.807, 2.05) is 24.3 Å². The number of fused-ring (bicyclic) bond motifs is 1. The maximum absolute atomic E-state index is 11.3. The summed E-state index contributed by atoms with van der Waals surface area (Å²) < 4.78 is 2.14. The Morgan fingerprint density at radius 1 is 1.31 bits per heavy atom. The molecule has 1 aromatic heterocycles. The molecule has 134 valence electrons. The van der Waals surface area contributed by atoms with Crippen LogP contribution in [0.1, 0.15) is 12.5 Å². The fourth-order valence-corrected chi connectivity index (χ4v) is 4.45. The molecule has 0 aliphatic heterocycles. The van der Waals surface area contributed by atoms with Gasteiger partial charge < -0.3 is 4.90 Å². The highest BCUT2D eigenvalue weighted by Crippen LogP contribution is 2.32. The predicted molar refractivity (Wildman–Crippen MR) is 111 cm³/mol. The van der Waals surface area contributed by atoms with Crippen LogP contribution in [-0.4, -0.2) is 36.0 Å². The Balaban J connectivity index is 1.88. The summed E-state index contributed by atoms with van der Waals surface area (Å²) in [5.74, 6) is 0.993. The number of nitro benzene ring substituents is 1. The van der Waals surface area contributed by atoms with Crippen LogP contribution in [0.4, 0.5) is 17.1 Å². The van der Waals surface area contributed by atoms with E-state index in [-0.39, 0.29) is 10.6 Å². The van der Waals surface area contributed by atoms with Crippen LogP contribution in [0.15, 0.2) is 45.7 Å². The number of hydrogen-bond donors (Lipinski definition) is 0. The number of thiazole rings is 1. The van der Waals surface area contributed by atoms with E-state index in [9.17, 15) is 10.1 Å². The molecule has 0 aliphatic rings. The van der Waals surface area contributed by atoms with Gasteiger partial charge in [0.2, 0.25) is 0 Å². The molecule has 0 radical (unpaired) electrons. The summed E-state index contributed by atoms with van der Waals surface area (Å²) in [5.41, 5.74) is 3.09. The zero-order chi connectivity index (χ0) is 18.7. The molecule has 0 saturated carbocycles. The van der Waals surface area contributed by atoms with E-state index in [0.717, 1.165) is 26.0 Å². The first-order valence-corrected chi connectivity index (χ1v) is 9.81. The average Bonchev–Trinajstić information content (AvgIpc) is 3.01. The lowest BCUT2D eigenvalue weighted by Crippen LogP contribution is -2.11. The first kappa shape index (κ1) is 18.3. The minimum absolute atomic E-state index is 0.0677. The third-order valence-corrected chi connectivity index (χ3v) is 5.70. The zero-order valence-corrected chi connectivity index (χ0v) is 16.3. The minimum Gasteiger partial charge on any atom is -0.372 e. The van der Waals surface area contributed by atoms with E-state index >= 15 is 0 Å². The van der Waals surface area contributed by atoms with Gasteiger partial charge in [0.15, 0.2) is 4.34 Å². The van der Waals surface area contributed by atoms with Crippen LogP contribution < -0.4 is 4.90 Å². The van der Waals surface area contributed by atoms with Crippen LogP contribution in [0, 0.1) is 10.1 Å². The number of aromatic nitrogens is 1. The van der Waals surface area contributed by atoms with E-state index in [0.29, 0.717) is 11.3 Å². The molecule has 0 N–H and O–H groups in total. The molecule has 3 aromatic rings. The van der Waals surface area contributed by atoms with Crippen LogP contribution in [0.5, 0.6) is 0 Å². The molecule has 0 atom stereocenters. The summed E-state index contributed by atoms with van der Waals surface area (Å²) in [6.45, 7) is 2.10. The SMILES string of the molecule is CCSc1nc2ccc(N=Cc3ccc(N(C)C)c([N+](=O)[O-])c3)cc2s1. The van der Waals surface area contributed by atoms with Gasteiger partial charge in [-0.25, -0.2) is 4.98 Å². The van der Waals surface area contributed by atoms with Gasteiger partial charge in [0, 0.05) is 26.4 Å². The van der Waals surface area contributed by atoms with Crippen molar-refractivity contribution in [2.24, 2.45) is 4.99 Å². The quantitative estimate of drug-likeness (QED) is 0.254. The molecule has 8 heteroatoms. The topological polar surface area (TPSA) is 71.6 Å². The fraction of sp³-hybridized carbons (Fsp3) is 0.222. The largest absolute Gasteiger partial charge is 0.372 e. The van der Waals surface area contributed by atoms with Crippen molar-refractivity contribution in [3.63, 3.8) is 0 Å². The molecule has 0 saturated heterocycles. The van der Waals surface area contributed by atoms with E-state index in [1.54, 1.807) is 60.4 Å². The smallest absolute Gasteiger partial charge is 0.293 e. The van der Waals surface area contributed by atoms with E-state index in [4.69, 9.17) is 0 Å². The molecule has 6 nitrogen and oxygen atoms in total. The Labute approximate surface area is 159 Å². The van der Waals surface area contributed by atoms with Crippen molar-refractivity contribution in [1.29, 1.82) is 0 Å². The van der Waals surface area contributed by atoms with Crippen LogP contribution in [0.2, 0.25) is 0 Å². The van der Waals surface area contributed by atoms with Crippen LogP contribution >= 0.6 is 23.1 Å². The number of aliphatic imine (C=N–C) groups is 1. The predicted octanol–water partition coefficient (Wildman–Crippen LogP) is 5.13. The molecule has 1 heterocycles. The van der Waals surface area contributed by atoms with Crippen molar-refractivity contribution in [1.82, 2.24) is 4.98 Å². The summed E-state index contributed by atoms with van der Waals surface area (Å²) in [4.78, 5) is 21.7. The van der Waals surface area contributed by atoms with Gasteiger partial charge in [-0.1, -0.05) is 24.8 Å². The molecule has 0 unspecified atom stereocenters. The van der Waals surface area contributed by atoms with Gasteiger partial charge in [0.05, 0.1) is 20.8 Å². The van der Waals surface area contributed by atoms with Gasteiger partial charge in [-0.05, 0) is 35.6 Å². The van der Waals surface area contributed by atoms with Crippen LogP contribution in [-0.2, 0) is 0 Å². The average molecular weight is 387 g/mol. The van der Waals surface area contributed by atoms with Gasteiger partial charge >= 0.3 is 0 Å². The third kappa shape index (κ3) is 4.03. The lowest BCUT2D eigenvalue weighted by molar-refractivity contribution is -0.384. The van der Waals surface area contributed by atoms with Crippen LogP contribution in [0.25, 0.3) is 10.2 Å². The molecule has 0 spiro atoms. The maximum atomic E-state index is 11.3. The second kappa shape index (κ2) is 7.84. The van der Waals surface area contributed by atoms with Gasteiger partial charge in [-0.2, -0.15) is 0 Å². The molecule has 0 aliphatic carbocycles. The van der Waals surface area contributed by atoms with Crippen molar-refractivity contribution in [2.75, 3.05) is 24.7 Å². The van der Waals surface area contributed by atoms with Gasteiger partial charge in [0.1, 0.15) is 5.69 Å². The van der Waals surface area contributed by atoms with Crippen LogP contribution in [0.3, 0.4) is 0 Å². The lowest BCUT2D eigenvalue weighted by Gasteiger charge is -2.12. The number of benzene rings is 2. The summed E-state index contributed by atoms with van der Waals surface area (Å²) >= 11 is 3.38. The highest BCUT2D eigenvalue weighted by molar-refractivity contribution is 8.01. The molecule has 0 bridgehead atoms. The maximum Gasteiger partial charge on any atom is 0.293 e. The van der Waals surface area contributed by atoms with Gasteiger partial charge in [0.25, 0.3) is 5.69 Å². The van der Waals surface area contributed by atoms with Crippen molar-refractivity contribution in [2.45, 2.75) is 11.3 Å². The monoisotopic (exact) mass is 386 g/mol. The molecule has 3 rings (SSSR count). The minimum atomic E-state index is -0.372. The number of rotatable bonds is 6. The standard InChI is InChI=1S/C18H18N4O2S2/c1-4-25-18-20-14-7-6-13(10-17(14)26-18)19-11-12-5-8-15(21(2)3)16(9-12)22(23)24/h5-11H,4H2,1-3H3. The number of anilines is 1. The Hall–Kier alpha value is -2.45. The first-order valence-electron chi connectivity index (χ1n) is 8.01. The van der Waals surface area contributed by atoms with Crippen molar-refractivity contribution >= 4 is 56.6 Å². The Morgan fingerprint density at radius 2 is 2.12 bits per heavy atom. The molecule has 0 fully saturated rings. The van der Waals surface area contributed by atoms with Gasteiger partial charge in [-0.15, -0.1) is 11.3 Å². The number of thioether (sulfide) groups is 1. The zero-order valence-electron chi connectivity index (χ0n) is 14.7. The van der Waals surface area contributed by atoms with Crippen molar-refractivity contribution in [3.05, 3.63) is 52.1 Å². The molecular weight excluding hydrogens is 368 g/mol. The second-order valence-electron chi connectivity index (χ2n) is 5.72. The fourth-order valence-electron chi connectivity index (χ4n) is 2.45.